The summed E-state index contributed by atoms with van der Waals surface area (Å²) in [5, 5.41) is 3.34. The first kappa shape index (κ1) is 8.96. The highest BCUT2D eigenvalue weighted by atomic mass is 32.1. The summed E-state index contributed by atoms with van der Waals surface area (Å²) in [5.74, 6) is 5.10. The predicted octanol–water partition coefficient (Wildman–Crippen LogP) is 1.16. The van der Waals surface area contributed by atoms with E-state index < -0.39 is 0 Å². The van der Waals surface area contributed by atoms with Crippen LogP contribution in [0, 0.1) is 6.92 Å². The fourth-order valence-corrected chi connectivity index (χ4v) is 1.01. The van der Waals surface area contributed by atoms with E-state index in [2.05, 4.69) is 10.7 Å². The van der Waals surface area contributed by atoms with Gasteiger partial charge in [0.1, 0.15) is 0 Å². The van der Waals surface area contributed by atoms with Gasteiger partial charge in [-0.05, 0) is 36.8 Å². The van der Waals surface area contributed by atoms with Crippen LogP contribution in [0.2, 0.25) is 0 Å². The van der Waals surface area contributed by atoms with Crippen molar-refractivity contribution in [2.24, 2.45) is 5.84 Å². The van der Waals surface area contributed by atoms with Gasteiger partial charge in [0.05, 0.1) is 0 Å². The molecule has 3 nitrogen and oxygen atoms in total. The summed E-state index contributed by atoms with van der Waals surface area (Å²) in [6.45, 7) is 2.02. The minimum absolute atomic E-state index is 0.417. The molecule has 4 N–H and O–H groups in total. The maximum absolute atomic E-state index is 5.10. The molecule has 0 bridgehead atoms. The number of hydrogen-bond acceptors (Lipinski definition) is 2. The molecule has 0 saturated heterocycles. The van der Waals surface area contributed by atoms with Crippen LogP contribution < -0.4 is 16.6 Å². The minimum atomic E-state index is 0.417. The van der Waals surface area contributed by atoms with Crippen molar-refractivity contribution in [1.29, 1.82) is 0 Å². The number of thiocarbonyl (C=S) groups is 1. The molecule has 1 rings (SSSR count). The Morgan fingerprint density at radius 2 is 2.25 bits per heavy atom. The van der Waals surface area contributed by atoms with E-state index in [1.807, 2.05) is 31.2 Å². The van der Waals surface area contributed by atoms with Crippen LogP contribution in [0.1, 0.15) is 5.56 Å². The van der Waals surface area contributed by atoms with Crippen molar-refractivity contribution < 1.29 is 0 Å². The van der Waals surface area contributed by atoms with Crippen molar-refractivity contribution in [2.75, 3.05) is 5.32 Å². The number of nitrogens with one attached hydrogen (secondary N) is 2. The smallest absolute Gasteiger partial charge is 0.185 e. The predicted molar refractivity (Wildman–Crippen MR) is 54.7 cm³/mol. The second-order valence-electron chi connectivity index (χ2n) is 2.47. The normalized spacial score (nSPS) is 9.17. The summed E-state index contributed by atoms with van der Waals surface area (Å²) in [7, 11) is 0. The van der Waals surface area contributed by atoms with Crippen LogP contribution in [0.3, 0.4) is 0 Å². The highest BCUT2D eigenvalue weighted by Gasteiger charge is 1.93. The number of nitrogens with two attached hydrogens (primary N) is 1. The van der Waals surface area contributed by atoms with Crippen molar-refractivity contribution in [2.45, 2.75) is 6.92 Å². The molecule has 4 heteroatoms. The third-order valence-corrected chi connectivity index (χ3v) is 1.63. The molecule has 0 aliphatic rings. The van der Waals surface area contributed by atoms with Gasteiger partial charge in [0, 0.05) is 5.69 Å². The van der Waals surface area contributed by atoms with Crippen molar-refractivity contribution in [3.05, 3.63) is 29.8 Å². The average molecular weight is 181 g/mol. The van der Waals surface area contributed by atoms with Gasteiger partial charge in [-0.3, -0.25) is 0 Å². The second-order valence-corrected chi connectivity index (χ2v) is 2.88. The van der Waals surface area contributed by atoms with Crippen LogP contribution in [0.25, 0.3) is 0 Å². The van der Waals surface area contributed by atoms with Crippen LogP contribution in [-0.4, -0.2) is 5.11 Å². The topological polar surface area (TPSA) is 50.1 Å². The maximum atomic E-state index is 5.10. The SMILES string of the molecule is Cc1cccc(NC(=S)NN)c1. The Morgan fingerprint density at radius 1 is 1.50 bits per heavy atom. The zero-order chi connectivity index (χ0) is 8.97. The average Bonchev–Trinajstić information content (AvgIpc) is 2.04. The first-order chi connectivity index (χ1) is 5.72. The van der Waals surface area contributed by atoms with E-state index in [0.717, 1.165) is 5.69 Å². The van der Waals surface area contributed by atoms with Crippen LogP contribution in [0.4, 0.5) is 5.69 Å². The molecular weight excluding hydrogens is 170 g/mol. The lowest BCUT2D eigenvalue weighted by Crippen LogP contribution is -2.34. The Hall–Kier alpha value is -1.13. The summed E-state index contributed by atoms with van der Waals surface area (Å²) in [5.41, 5.74) is 4.48. The Balaban J connectivity index is 2.69. The molecule has 0 spiro atoms. The van der Waals surface area contributed by atoms with Gasteiger partial charge in [0.2, 0.25) is 0 Å². The lowest BCUT2D eigenvalue weighted by Gasteiger charge is -2.06. The zero-order valence-electron chi connectivity index (χ0n) is 6.79. The molecule has 1 aromatic carbocycles. The van der Waals surface area contributed by atoms with Gasteiger partial charge in [0.25, 0.3) is 0 Å². The van der Waals surface area contributed by atoms with E-state index in [-0.39, 0.29) is 0 Å². The van der Waals surface area contributed by atoms with Crippen molar-refractivity contribution in [1.82, 2.24) is 5.43 Å². The molecule has 0 radical (unpaired) electrons. The van der Waals surface area contributed by atoms with Gasteiger partial charge in [0.15, 0.2) is 5.11 Å². The first-order valence-electron chi connectivity index (χ1n) is 3.56. The van der Waals surface area contributed by atoms with E-state index in [9.17, 15) is 0 Å². The quantitative estimate of drug-likeness (QED) is 0.345. The molecule has 0 fully saturated rings. The molecule has 0 saturated carbocycles. The molecule has 0 aliphatic carbocycles. The van der Waals surface area contributed by atoms with Crippen molar-refractivity contribution in [3.8, 4) is 0 Å². The van der Waals surface area contributed by atoms with Crippen LogP contribution in [0.5, 0.6) is 0 Å². The van der Waals surface area contributed by atoms with Gasteiger partial charge >= 0.3 is 0 Å². The lowest BCUT2D eigenvalue weighted by atomic mass is 10.2. The number of benzene rings is 1. The van der Waals surface area contributed by atoms with Gasteiger partial charge in [-0.2, -0.15) is 0 Å². The Bertz CT molecular complexity index is 285. The van der Waals surface area contributed by atoms with E-state index in [0.29, 0.717) is 5.11 Å². The maximum Gasteiger partial charge on any atom is 0.185 e. The lowest BCUT2D eigenvalue weighted by molar-refractivity contribution is 1.04. The molecule has 1 aromatic rings. The summed E-state index contributed by atoms with van der Waals surface area (Å²) < 4.78 is 0. The highest BCUT2D eigenvalue weighted by molar-refractivity contribution is 7.80. The summed E-state index contributed by atoms with van der Waals surface area (Å²) in [6, 6.07) is 7.89. The van der Waals surface area contributed by atoms with E-state index >= 15 is 0 Å². The van der Waals surface area contributed by atoms with Gasteiger partial charge < -0.3 is 10.7 Å². The largest absolute Gasteiger partial charge is 0.332 e. The molecule has 0 atom stereocenters. The molecule has 0 unspecified atom stereocenters. The fraction of sp³-hybridized carbons (Fsp3) is 0.125. The van der Waals surface area contributed by atoms with Crippen molar-refractivity contribution >= 4 is 23.0 Å². The number of aryl methyl sites for hydroxylation is 1. The Kier molecular flexibility index (Phi) is 3.01. The van der Waals surface area contributed by atoms with Crippen LogP contribution >= 0.6 is 12.2 Å². The van der Waals surface area contributed by atoms with Gasteiger partial charge in [-0.15, -0.1) is 0 Å². The van der Waals surface area contributed by atoms with E-state index in [1.54, 1.807) is 0 Å². The van der Waals surface area contributed by atoms with Crippen molar-refractivity contribution in [3.63, 3.8) is 0 Å². The van der Waals surface area contributed by atoms with Crippen LogP contribution in [-0.2, 0) is 0 Å². The molecule has 0 aliphatic heterocycles. The standard InChI is InChI=1S/C8H11N3S/c1-6-3-2-4-7(5-6)10-8(12)11-9/h2-5H,9H2,1H3,(H2,10,11,12). The summed E-state index contributed by atoms with van der Waals surface area (Å²) >= 11 is 4.83. The molecular formula is C8H11N3S. The zero-order valence-corrected chi connectivity index (χ0v) is 7.61. The van der Waals surface area contributed by atoms with Crippen LogP contribution in [0.15, 0.2) is 24.3 Å². The van der Waals surface area contributed by atoms with E-state index in [1.165, 1.54) is 5.56 Å². The minimum Gasteiger partial charge on any atom is -0.332 e. The third kappa shape index (κ3) is 2.48. The highest BCUT2D eigenvalue weighted by Crippen LogP contribution is 2.08. The summed E-state index contributed by atoms with van der Waals surface area (Å²) in [4.78, 5) is 0. The number of rotatable bonds is 1. The summed E-state index contributed by atoms with van der Waals surface area (Å²) in [6.07, 6.45) is 0. The third-order valence-electron chi connectivity index (χ3n) is 1.41. The molecule has 0 aromatic heterocycles. The number of anilines is 1. The Morgan fingerprint density at radius 3 is 2.83 bits per heavy atom. The van der Waals surface area contributed by atoms with Gasteiger partial charge in [-0.1, -0.05) is 12.1 Å². The monoisotopic (exact) mass is 181 g/mol. The van der Waals surface area contributed by atoms with Gasteiger partial charge in [-0.25, -0.2) is 5.84 Å². The second kappa shape index (κ2) is 4.04. The molecule has 0 heterocycles. The number of hydrogen-bond donors (Lipinski definition) is 3. The molecule has 64 valence electrons. The first-order valence-corrected chi connectivity index (χ1v) is 3.97. The molecule has 12 heavy (non-hydrogen) atoms. The number of hydrazine groups is 1. The fourth-order valence-electron chi connectivity index (χ4n) is 0.890. The Labute approximate surface area is 76.9 Å². The van der Waals surface area contributed by atoms with E-state index in [4.69, 9.17) is 18.1 Å². The molecule has 0 amide bonds.